The van der Waals surface area contributed by atoms with E-state index in [4.69, 9.17) is 4.74 Å². The molecule has 0 radical (unpaired) electrons. The molecule has 0 spiro atoms. The first-order chi connectivity index (χ1) is 41.5. The van der Waals surface area contributed by atoms with Crippen LogP contribution in [-0.4, -0.2) is 47.4 Å². The normalized spacial score (nSPS) is 12.5. The average Bonchev–Trinajstić information content (AvgIpc) is 3.51. The van der Waals surface area contributed by atoms with Gasteiger partial charge in [0.25, 0.3) is 0 Å². The number of rotatable bonds is 74. The van der Waals surface area contributed by atoms with Gasteiger partial charge in [0, 0.05) is 12.8 Å². The summed E-state index contributed by atoms with van der Waals surface area (Å²) in [5.41, 5.74) is 0. The van der Waals surface area contributed by atoms with Crippen molar-refractivity contribution in [1.29, 1.82) is 0 Å². The summed E-state index contributed by atoms with van der Waals surface area (Å²) in [4.78, 5) is 24.6. The lowest BCUT2D eigenvalue weighted by atomic mass is 10.0. The van der Waals surface area contributed by atoms with Crippen LogP contribution in [0.15, 0.2) is 12.2 Å². The predicted octanol–water partition coefficient (Wildman–Crippen LogP) is 25.5. The van der Waals surface area contributed by atoms with Crippen LogP contribution >= 0.6 is 0 Å². The molecule has 0 aliphatic carbocycles. The number of nitrogens with one attached hydrogen (secondary N) is 1. The third-order valence-corrected chi connectivity index (χ3v) is 18.6. The van der Waals surface area contributed by atoms with Crippen molar-refractivity contribution in [3.63, 3.8) is 0 Å². The molecule has 3 N–H and O–H groups in total. The van der Waals surface area contributed by atoms with E-state index in [-0.39, 0.29) is 18.5 Å². The van der Waals surface area contributed by atoms with Crippen molar-refractivity contribution >= 4 is 11.9 Å². The fourth-order valence-corrected chi connectivity index (χ4v) is 12.6. The first-order valence-corrected chi connectivity index (χ1v) is 38.9. The van der Waals surface area contributed by atoms with Crippen molar-refractivity contribution in [2.45, 2.75) is 463 Å². The SMILES string of the molecule is CCCCCCCCCCCCCCCCCCCCCCCCCCC(O)C(CO)NC(=O)CCCCCCCCCCCCCCC/C=C\CCCCCCCCCCCCCCOC(=O)CCCCCCCCCCCCCCCC. The van der Waals surface area contributed by atoms with Gasteiger partial charge >= 0.3 is 5.97 Å². The molecule has 500 valence electrons. The molecule has 0 saturated heterocycles. The number of hydrogen-bond acceptors (Lipinski definition) is 5. The van der Waals surface area contributed by atoms with Crippen LogP contribution in [0, 0.1) is 0 Å². The van der Waals surface area contributed by atoms with Gasteiger partial charge in [-0.15, -0.1) is 0 Å². The molecule has 6 heteroatoms. The number of allylic oxidation sites excluding steroid dienone is 2. The maximum Gasteiger partial charge on any atom is 0.305 e. The molecular weight excluding hydrogens is 1030 g/mol. The number of unbranched alkanes of at least 4 members (excludes halogenated alkanes) is 61. The molecule has 0 aliphatic heterocycles. The van der Waals surface area contributed by atoms with E-state index in [1.54, 1.807) is 0 Å². The van der Waals surface area contributed by atoms with Crippen molar-refractivity contribution in [3.05, 3.63) is 12.2 Å². The van der Waals surface area contributed by atoms with E-state index < -0.39 is 12.1 Å². The quantitative estimate of drug-likeness (QED) is 0.0320. The fraction of sp³-hybridized carbons (Fsp3) is 0.949. The highest BCUT2D eigenvalue weighted by molar-refractivity contribution is 5.76. The maximum absolute atomic E-state index is 12.6. The first kappa shape index (κ1) is 82.6. The molecule has 0 rings (SSSR count). The highest BCUT2D eigenvalue weighted by atomic mass is 16.5. The Labute approximate surface area is 527 Å². The van der Waals surface area contributed by atoms with Gasteiger partial charge < -0.3 is 20.3 Å². The number of esters is 1. The zero-order valence-corrected chi connectivity index (χ0v) is 57.4. The molecule has 0 heterocycles. The number of carbonyl (C=O) groups excluding carboxylic acids is 2. The molecule has 2 unspecified atom stereocenters. The molecule has 0 aromatic heterocycles. The van der Waals surface area contributed by atoms with Crippen LogP contribution in [0.2, 0.25) is 0 Å². The Balaban J connectivity index is 3.36. The van der Waals surface area contributed by atoms with E-state index in [0.29, 0.717) is 25.9 Å². The molecule has 0 aliphatic rings. The molecule has 2 atom stereocenters. The summed E-state index contributed by atoms with van der Waals surface area (Å²) in [6, 6.07) is -0.542. The highest BCUT2D eigenvalue weighted by Gasteiger charge is 2.20. The Morgan fingerprint density at radius 2 is 0.560 bits per heavy atom. The fourth-order valence-electron chi connectivity index (χ4n) is 12.6. The van der Waals surface area contributed by atoms with Crippen molar-refractivity contribution in [1.82, 2.24) is 5.32 Å². The van der Waals surface area contributed by atoms with Gasteiger partial charge in [0.1, 0.15) is 0 Å². The molecular formula is C78H153NO5. The molecule has 84 heavy (non-hydrogen) atoms. The summed E-state index contributed by atoms with van der Waals surface area (Å²) in [6.07, 6.45) is 92.9. The second-order valence-electron chi connectivity index (χ2n) is 27.0. The third-order valence-electron chi connectivity index (χ3n) is 18.6. The van der Waals surface area contributed by atoms with Crippen molar-refractivity contribution in [3.8, 4) is 0 Å². The Morgan fingerprint density at radius 1 is 0.321 bits per heavy atom. The smallest absolute Gasteiger partial charge is 0.305 e. The Kier molecular flexibility index (Phi) is 72.8. The number of carbonyl (C=O) groups is 2. The minimum absolute atomic E-state index is 0.0201. The van der Waals surface area contributed by atoms with E-state index in [1.807, 2.05) is 0 Å². The van der Waals surface area contributed by atoms with Crippen LogP contribution in [-0.2, 0) is 14.3 Å². The van der Waals surface area contributed by atoms with Gasteiger partial charge in [-0.1, -0.05) is 398 Å². The molecule has 0 bridgehead atoms. The number of ether oxygens (including phenoxy) is 1. The minimum atomic E-state index is -0.665. The average molecular weight is 1190 g/mol. The summed E-state index contributed by atoms with van der Waals surface area (Å²) >= 11 is 0. The standard InChI is InChI=1S/C78H153NO5/c1-3-5-7-9-11-13-15-17-19-20-21-22-23-31-34-37-40-43-46-50-54-58-62-66-70-76(81)75(74-80)79-77(82)71-67-63-59-55-51-47-44-41-38-35-32-29-27-25-24-26-28-30-33-36-39-42-45-49-53-57-61-65-69-73-84-78(83)72-68-64-60-56-52-48-18-16-14-12-10-8-6-4-2/h24,26,75-76,80-81H,3-23,25,27-74H2,1-2H3,(H,79,82)/b26-24-. The first-order valence-electron chi connectivity index (χ1n) is 38.9. The maximum atomic E-state index is 12.6. The van der Waals surface area contributed by atoms with Gasteiger partial charge in [0.15, 0.2) is 0 Å². The van der Waals surface area contributed by atoms with Gasteiger partial charge in [-0.05, 0) is 51.4 Å². The number of amides is 1. The lowest BCUT2D eigenvalue weighted by Gasteiger charge is -2.22. The Morgan fingerprint density at radius 3 is 0.845 bits per heavy atom. The van der Waals surface area contributed by atoms with E-state index in [2.05, 4.69) is 31.3 Å². The van der Waals surface area contributed by atoms with Crippen LogP contribution in [0.5, 0.6) is 0 Å². The molecule has 1 amide bonds. The monoisotopic (exact) mass is 1180 g/mol. The van der Waals surface area contributed by atoms with Crippen molar-refractivity contribution in [2.24, 2.45) is 0 Å². The molecule has 0 saturated carbocycles. The second kappa shape index (κ2) is 74.1. The van der Waals surface area contributed by atoms with E-state index in [1.165, 1.54) is 379 Å². The highest BCUT2D eigenvalue weighted by Crippen LogP contribution is 2.20. The van der Waals surface area contributed by atoms with Gasteiger partial charge in [-0.2, -0.15) is 0 Å². The van der Waals surface area contributed by atoms with Crippen LogP contribution in [0.3, 0.4) is 0 Å². The van der Waals surface area contributed by atoms with E-state index >= 15 is 0 Å². The zero-order valence-electron chi connectivity index (χ0n) is 57.4. The largest absolute Gasteiger partial charge is 0.466 e. The van der Waals surface area contributed by atoms with Crippen LogP contribution in [0.25, 0.3) is 0 Å². The lowest BCUT2D eigenvalue weighted by molar-refractivity contribution is -0.143. The molecule has 0 fully saturated rings. The van der Waals surface area contributed by atoms with E-state index in [0.717, 1.165) is 38.5 Å². The van der Waals surface area contributed by atoms with Gasteiger partial charge in [-0.25, -0.2) is 0 Å². The Bertz CT molecular complexity index is 1270. The van der Waals surface area contributed by atoms with Crippen molar-refractivity contribution in [2.75, 3.05) is 13.2 Å². The summed E-state index contributed by atoms with van der Waals surface area (Å²) in [7, 11) is 0. The lowest BCUT2D eigenvalue weighted by Crippen LogP contribution is -2.45. The molecule has 0 aromatic carbocycles. The minimum Gasteiger partial charge on any atom is -0.466 e. The summed E-state index contributed by atoms with van der Waals surface area (Å²) in [5, 5.41) is 23.5. The molecule has 0 aromatic rings. The molecule has 6 nitrogen and oxygen atoms in total. The summed E-state index contributed by atoms with van der Waals surface area (Å²) in [5.74, 6) is -0.00804. The Hall–Kier alpha value is -1.40. The van der Waals surface area contributed by atoms with Gasteiger partial charge in [-0.3, -0.25) is 9.59 Å². The number of aliphatic hydroxyl groups excluding tert-OH is 2. The zero-order chi connectivity index (χ0) is 60.6. The van der Waals surface area contributed by atoms with Crippen LogP contribution in [0.1, 0.15) is 450 Å². The summed E-state index contributed by atoms with van der Waals surface area (Å²) < 4.78 is 5.50. The third kappa shape index (κ3) is 69.7. The van der Waals surface area contributed by atoms with Crippen LogP contribution in [0.4, 0.5) is 0 Å². The topological polar surface area (TPSA) is 95.9 Å². The van der Waals surface area contributed by atoms with Crippen LogP contribution < -0.4 is 5.32 Å². The van der Waals surface area contributed by atoms with Gasteiger partial charge in [0.05, 0.1) is 25.4 Å². The predicted molar refractivity (Wildman–Crippen MR) is 370 cm³/mol. The second-order valence-corrected chi connectivity index (χ2v) is 27.0. The van der Waals surface area contributed by atoms with Crippen molar-refractivity contribution < 1.29 is 24.5 Å². The number of aliphatic hydroxyl groups is 2. The number of hydrogen-bond donors (Lipinski definition) is 3. The van der Waals surface area contributed by atoms with Gasteiger partial charge in [0.2, 0.25) is 5.91 Å². The summed E-state index contributed by atoms with van der Waals surface area (Å²) in [6.45, 7) is 5.01. The van der Waals surface area contributed by atoms with E-state index in [9.17, 15) is 19.8 Å².